The van der Waals surface area contributed by atoms with Crippen molar-refractivity contribution in [3.63, 3.8) is 0 Å². The zero-order chi connectivity index (χ0) is 18.6. The van der Waals surface area contributed by atoms with Gasteiger partial charge in [-0.15, -0.1) is 0 Å². The van der Waals surface area contributed by atoms with Crippen molar-refractivity contribution in [2.75, 3.05) is 13.7 Å². The summed E-state index contributed by atoms with van der Waals surface area (Å²) < 4.78 is 43.5. The topological polar surface area (TPSA) is 46.6 Å². The van der Waals surface area contributed by atoms with E-state index in [1.165, 1.54) is 7.11 Å². The van der Waals surface area contributed by atoms with Gasteiger partial charge in [-0.2, -0.15) is 13.2 Å². The van der Waals surface area contributed by atoms with Gasteiger partial charge in [0.15, 0.2) is 0 Å². The van der Waals surface area contributed by atoms with Gasteiger partial charge in [0.25, 0.3) is 0 Å². The zero-order valence-electron chi connectivity index (χ0n) is 14.3. The highest BCUT2D eigenvalue weighted by molar-refractivity contribution is 5.89. The summed E-state index contributed by atoms with van der Waals surface area (Å²) in [4.78, 5) is 24.6. The smallest absolute Gasteiger partial charge is 0.465 e. The Morgan fingerprint density at radius 3 is 2.60 bits per heavy atom. The fraction of sp³-hybridized carbons (Fsp3) is 0.556. The normalized spacial score (nSPS) is 28.3. The highest BCUT2D eigenvalue weighted by Crippen LogP contribution is 2.49. The van der Waals surface area contributed by atoms with Crippen LogP contribution in [0.2, 0.25) is 0 Å². The lowest BCUT2D eigenvalue weighted by molar-refractivity contribution is -0.192. The molecule has 0 spiro atoms. The number of alkyl halides is 3. The van der Waals surface area contributed by atoms with Crippen LogP contribution in [0.1, 0.15) is 41.8 Å². The summed E-state index contributed by atoms with van der Waals surface area (Å²) in [7, 11) is 1.31. The van der Waals surface area contributed by atoms with Gasteiger partial charge in [-0.1, -0.05) is 19.9 Å². The van der Waals surface area contributed by atoms with Gasteiger partial charge in [0.2, 0.25) is 0 Å². The van der Waals surface area contributed by atoms with E-state index in [0.717, 1.165) is 16.0 Å². The number of piperidine rings is 1. The third-order valence-electron chi connectivity index (χ3n) is 5.93. The van der Waals surface area contributed by atoms with E-state index in [9.17, 15) is 22.8 Å². The number of likely N-dealkylation sites (tertiary alicyclic amines) is 1. The molecule has 2 aliphatic rings. The lowest BCUT2D eigenvalue weighted by atomic mass is 9.59. The highest BCUT2D eigenvalue weighted by Gasteiger charge is 2.54. The quantitative estimate of drug-likeness (QED) is 0.728. The van der Waals surface area contributed by atoms with Crippen molar-refractivity contribution >= 4 is 11.9 Å². The van der Waals surface area contributed by atoms with Crippen LogP contribution >= 0.6 is 0 Å². The van der Waals surface area contributed by atoms with Crippen LogP contribution in [0, 0.1) is 5.92 Å². The maximum absolute atomic E-state index is 12.9. The number of carbonyl (C=O) groups is 2. The third-order valence-corrected chi connectivity index (χ3v) is 5.93. The van der Waals surface area contributed by atoms with Crippen LogP contribution in [0.15, 0.2) is 18.2 Å². The molecular formula is C18H20F3NO3. The fourth-order valence-electron chi connectivity index (χ4n) is 4.28. The second kappa shape index (κ2) is 5.75. The number of rotatable bonds is 1. The van der Waals surface area contributed by atoms with Gasteiger partial charge in [0.05, 0.1) is 12.7 Å². The number of amides is 1. The summed E-state index contributed by atoms with van der Waals surface area (Å²) >= 11 is 0. The Hall–Kier alpha value is -2.05. The van der Waals surface area contributed by atoms with E-state index >= 15 is 0 Å². The van der Waals surface area contributed by atoms with Crippen molar-refractivity contribution in [3.05, 3.63) is 34.9 Å². The molecule has 2 unspecified atom stereocenters. The maximum atomic E-state index is 12.9. The van der Waals surface area contributed by atoms with E-state index in [4.69, 9.17) is 4.74 Å². The SMILES string of the molecule is COC(=O)c1ccc2c(c1)C1(C)CCN(C(=O)C(F)(F)F)C(C2)[C@H]1C. The van der Waals surface area contributed by atoms with E-state index in [2.05, 4.69) is 0 Å². The largest absolute Gasteiger partial charge is 0.471 e. The Morgan fingerprint density at radius 1 is 1.32 bits per heavy atom. The Morgan fingerprint density at radius 2 is 2.00 bits per heavy atom. The summed E-state index contributed by atoms with van der Waals surface area (Å²) in [6, 6.07) is 4.68. The number of esters is 1. The first-order valence-corrected chi connectivity index (χ1v) is 8.19. The number of benzene rings is 1. The number of hydrogen-bond acceptors (Lipinski definition) is 3. The Bertz CT molecular complexity index is 731. The number of halogens is 3. The molecule has 4 nitrogen and oxygen atoms in total. The molecule has 0 N–H and O–H groups in total. The van der Waals surface area contributed by atoms with Gasteiger partial charge in [-0.05, 0) is 47.4 Å². The average Bonchev–Trinajstić information content (AvgIpc) is 2.56. The van der Waals surface area contributed by atoms with Crippen molar-refractivity contribution in [2.24, 2.45) is 5.92 Å². The molecule has 3 rings (SSSR count). The van der Waals surface area contributed by atoms with Crippen LogP contribution in [0.25, 0.3) is 0 Å². The molecule has 1 heterocycles. The van der Waals surface area contributed by atoms with E-state index < -0.39 is 24.1 Å². The van der Waals surface area contributed by atoms with Crippen molar-refractivity contribution in [1.29, 1.82) is 0 Å². The summed E-state index contributed by atoms with van der Waals surface area (Å²) in [5.41, 5.74) is 1.91. The number of ether oxygens (including phenoxy) is 1. The van der Waals surface area contributed by atoms with Gasteiger partial charge in [0, 0.05) is 12.6 Å². The second-order valence-electron chi connectivity index (χ2n) is 7.09. The fourth-order valence-corrected chi connectivity index (χ4v) is 4.28. The van der Waals surface area contributed by atoms with Gasteiger partial charge in [-0.3, -0.25) is 4.79 Å². The number of nitrogens with zero attached hydrogens (tertiary/aromatic N) is 1. The summed E-state index contributed by atoms with van der Waals surface area (Å²) in [6.07, 6.45) is -4.08. The molecule has 1 aliphatic carbocycles. The third kappa shape index (κ3) is 2.69. The van der Waals surface area contributed by atoms with Gasteiger partial charge in [0.1, 0.15) is 0 Å². The minimum absolute atomic E-state index is 0.0613. The Balaban J connectivity index is 2.02. The molecule has 1 aromatic rings. The number of methoxy groups -OCH3 is 1. The van der Waals surface area contributed by atoms with Gasteiger partial charge < -0.3 is 9.64 Å². The molecule has 1 aromatic carbocycles. The lowest BCUT2D eigenvalue weighted by Gasteiger charge is -2.54. The van der Waals surface area contributed by atoms with Crippen LogP contribution in [0.5, 0.6) is 0 Å². The van der Waals surface area contributed by atoms with E-state index in [-0.39, 0.29) is 17.9 Å². The number of hydrogen-bond donors (Lipinski definition) is 0. The first-order valence-electron chi connectivity index (χ1n) is 8.19. The monoisotopic (exact) mass is 355 g/mol. The number of carbonyl (C=O) groups excluding carboxylic acids is 2. The minimum Gasteiger partial charge on any atom is -0.465 e. The molecular weight excluding hydrogens is 335 g/mol. The molecule has 1 saturated heterocycles. The van der Waals surface area contributed by atoms with E-state index in [1.807, 2.05) is 13.8 Å². The second-order valence-corrected chi connectivity index (χ2v) is 7.09. The molecule has 0 radical (unpaired) electrons. The summed E-state index contributed by atoms with van der Waals surface area (Å²) in [5, 5.41) is 0. The lowest BCUT2D eigenvalue weighted by Crippen LogP contribution is -2.61. The molecule has 25 heavy (non-hydrogen) atoms. The summed E-state index contributed by atoms with van der Waals surface area (Å²) in [6.45, 7) is 3.94. The molecule has 136 valence electrons. The molecule has 1 amide bonds. The van der Waals surface area contributed by atoms with Gasteiger partial charge in [-0.25, -0.2) is 4.79 Å². The van der Waals surface area contributed by atoms with Crippen LogP contribution in [0.3, 0.4) is 0 Å². The molecule has 3 atom stereocenters. The van der Waals surface area contributed by atoms with Crippen molar-refractivity contribution in [2.45, 2.75) is 44.3 Å². The van der Waals surface area contributed by atoms with Crippen molar-refractivity contribution in [3.8, 4) is 0 Å². The van der Waals surface area contributed by atoms with Crippen LogP contribution in [-0.2, 0) is 21.4 Å². The summed E-state index contributed by atoms with van der Waals surface area (Å²) in [5.74, 6) is -2.35. The molecule has 0 aromatic heterocycles. The van der Waals surface area contributed by atoms with Crippen molar-refractivity contribution in [1.82, 2.24) is 4.90 Å². The maximum Gasteiger partial charge on any atom is 0.471 e. The molecule has 2 bridgehead atoms. The predicted octanol–water partition coefficient (Wildman–Crippen LogP) is 3.09. The minimum atomic E-state index is -4.86. The Labute approximate surface area is 143 Å². The van der Waals surface area contributed by atoms with Gasteiger partial charge >= 0.3 is 18.1 Å². The van der Waals surface area contributed by atoms with E-state index in [0.29, 0.717) is 18.4 Å². The highest BCUT2D eigenvalue weighted by atomic mass is 19.4. The standard InChI is InChI=1S/C18H20F3NO3/c1-10-14-9-11-4-5-12(15(23)25-3)8-13(11)17(10,2)6-7-22(14)16(24)18(19,20)21/h4-5,8,10,14H,6-7,9H2,1-3H3/t10-,14?,17?/m1/s1. The van der Waals surface area contributed by atoms with Crippen LogP contribution in [0.4, 0.5) is 13.2 Å². The van der Waals surface area contributed by atoms with Crippen LogP contribution in [-0.4, -0.2) is 42.6 Å². The Kier molecular flexibility index (Phi) is 4.08. The number of fused-ring (bicyclic) bond motifs is 4. The van der Waals surface area contributed by atoms with Crippen LogP contribution < -0.4 is 0 Å². The van der Waals surface area contributed by atoms with Crippen molar-refractivity contribution < 1.29 is 27.5 Å². The molecule has 0 saturated carbocycles. The molecule has 7 heteroatoms. The predicted molar refractivity (Wildman–Crippen MR) is 84.2 cm³/mol. The molecule has 1 fully saturated rings. The average molecular weight is 355 g/mol. The first-order chi connectivity index (χ1) is 11.6. The zero-order valence-corrected chi connectivity index (χ0v) is 14.3. The molecule has 1 aliphatic heterocycles. The first kappa shape index (κ1) is 17.8. The van der Waals surface area contributed by atoms with E-state index in [1.54, 1.807) is 18.2 Å².